The van der Waals surface area contributed by atoms with Crippen LogP contribution >= 0.6 is 0 Å². The predicted molar refractivity (Wildman–Crippen MR) is 107 cm³/mol. The third-order valence-electron chi connectivity index (χ3n) is 5.41. The van der Waals surface area contributed by atoms with Crippen LogP contribution in [0.5, 0.6) is 5.75 Å². The lowest BCUT2D eigenvalue weighted by atomic mass is 10.1. The molecule has 0 saturated carbocycles. The minimum absolute atomic E-state index is 0.227. The first-order valence-electron chi connectivity index (χ1n) is 9.85. The number of hydrogen-bond donors (Lipinski definition) is 1. The first-order chi connectivity index (χ1) is 13.1. The number of benzene rings is 1. The molecule has 0 aliphatic carbocycles. The Morgan fingerprint density at radius 1 is 1.22 bits per heavy atom. The van der Waals surface area contributed by atoms with Crippen molar-refractivity contribution in [1.82, 2.24) is 19.6 Å². The maximum Gasteiger partial charge on any atom is 0.121 e. The molecule has 0 bridgehead atoms. The second-order valence-electron chi connectivity index (χ2n) is 7.38. The highest BCUT2D eigenvalue weighted by Gasteiger charge is 2.27. The fourth-order valence-electron chi connectivity index (χ4n) is 3.92. The van der Waals surface area contributed by atoms with Crippen LogP contribution in [0.3, 0.4) is 0 Å². The van der Waals surface area contributed by atoms with Crippen molar-refractivity contribution in [3.8, 4) is 5.75 Å². The zero-order valence-electron chi connectivity index (χ0n) is 16.8. The number of aliphatic hydroxyl groups excluding tert-OH is 1. The molecule has 1 atom stereocenters. The number of aliphatic hydroxyl groups is 1. The zero-order chi connectivity index (χ0) is 19.2. The quantitative estimate of drug-likeness (QED) is 0.771. The van der Waals surface area contributed by atoms with E-state index in [1.807, 2.05) is 16.9 Å². The first-order valence-corrected chi connectivity index (χ1v) is 9.85. The molecular weight excluding hydrogens is 340 g/mol. The van der Waals surface area contributed by atoms with Gasteiger partial charge in [0.2, 0.25) is 0 Å². The van der Waals surface area contributed by atoms with E-state index in [9.17, 15) is 5.11 Å². The third-order valence-corrected chi connectivity index (χ3v) is 5.41. The highest BCUT2D eigenvalue weighted by Crippen LogP contribution is 2.22. The fourth-order valence-corrected chi connectivity index (χ4v) is 3.92. The largest absolute Gasteiger partial charge is 0.496 e. The molecule has 148 valence electrons. The number of rotatable bonds is 8. The Kier molecular flexibility index (Phi) is 6.88. The van der Waals surface area contributed by atoms with Crippen molar-refractivity contribution in [2.75, 3.05) is 33.4 Å². The van der Waals surface area contributed by atoms with Gasteiger partial charge in [0.15, 0.2) is 0 Å². The maximum atomic E-state index is 9.55. The van der Waals surface area contributed by atoms with Gasteiger partial charge in [-0.25, -0.2) is 0 Å². The number of ether oxygens (including phenoxy) is 1. The summed E-state index contributed by atoms with van der Waals surface area (Å²) in [6.45, 7) is 10.2. The van der Waals surface area contributed by atoms with E-state index in [1.54, 1.807) is 7.11 Å². The minimum Gasteiger partial charge on any atom is -0.496 e. The molecule has 0 radical (unpaired) electrons. The van der Waals surface area contributed by atoms with Crippen molar-refractivity contribution in [3.63, 3.8) is 0 Å². The van der Waals surface area contributed by atoms with Crippen LogP contribution in [0.4, 0.5) is 0 Å². The molecule has 27 heavy (non-hydrogen) atoms. The van der Waals surface area contributed by atoms with Crippen LogP contribution in [0.15, 0.2) is 30.6 Å². The van der Waals surface area contributed by atoms with Gasteiger partial charge in [0.05, 0.1) is 13.3 Å². The van der Waals surface area contributed by atoms with E-state index >= 15 is 0 Å². The molecule has 1 aromatic carbocycles. The number of hydrogen-bond acceptors (Lipinski definition) is 5. The van der Waals surface area contributed by atoms with E-state index in [2.05, 4.69) is 47.1 Å². The molecule has 2 heterocycles. The van der Waals surface area contributed by atoms with Gasteiger partial charge in [0.25, 0.3) is 0 Å². The first kappa shape index (κ1) is 19.9. The number of aromatic nitrogens is 2. The van der Waals surface area contributed by atoms with Crippen LogP contribution in [0.1, 0.15) is 30.0 Å². The molecule has 1 aliphatic rings. The van der Waals surface area contributed by atoms with Crippen LogP contribution in [0, 0.1) is 6.92 Å². The van der Waals surface area contributed by atoms with E-state index in [4.69, 9.17) is 4.74 Å². The van der Waals surface area contributed by atoms with Crippen molar-refractivity contribution in [3.05, 3.63) is 47.3 Å². The summed E-state index contributed by atoms with van der Waals surface area (Å²) in [5.41, 5.74) is 3.73. The Bertz CT molecular complexity index is 731. The molecule has 1 fully saturated rings. The summed E-state index contributed by atoms with van der Waals surface area (Å²) in [6.07, 6.45) is 4.91. The molecule has 0 amide bonds. The summed E-state index contributed by atoms with van der Waals surface area (Å²) >= 11 is 0. The van der Waals surface area contributed by atoms with Gasteiger partial charge in [0, 0.05) is 63.7 Å². The monoisotopic (exact) mass is 372 g/mol. The summed E-state index contributed by atoms with van der Waals surface area (Å²) in [6, 6.07) is 6.77. The summed E-state index contributed by atoms with van der Waals surface area (Å²) in [5, 5.41) is 13.9. The van der Waals surface area contributed by atoms with Gasteiger partial charge >= 0.3 is 0 Å². The lowest BCUT2D eigenvalue weighted by Gasteiger charge is -2.41. The molecule has 1 saturated heterocycles. The second-order valence-corrected chi connectivity index (χ2v) is 7.38. The summed E-state index contributed by atoms with van der Waals surface area (Å²) in [5.74, 6) is 0.933. The normalized spacial score (nSPS) is 18.7. The summed E-state index contributed by atoms with van der Waals surface area (Å²) in [4.78, 5) is 4.98. The van der Waals surface area contributed by atoms with Crippen LogP contribution in [0.25, 0.3) is 0 Å². The molecule has 1 aliphatic heterocycles. The van der Waals surface area contributed by atoms with E-state index < -0.39 is 0 Å². The fraction of sp³-hybridized carbons (Fsp3) is 0.571. The Balaban J connectivity index is 1.62. The Morgan fingerprint density at radius 3 is 2.74 bits per heavy atom. The summed E-state index contributed by atoms with van der Waals surface area (Å²) < 4.78 is 7.34. The van der Waals surface area contributed by atoms with Crippen LogP contribution in [-0.4, -0.2) is 64.1 Å². The zero-order valence-corrected chi connectivity index (χ0v) is 16.8. The van der Waals surface area contributed by atoms with Crippen molar-refractivity contribution < 1.29 is 9.84 Å². The van der Waals surface area contributed by atoms with Crippen molar-refractivity contribution in [2.24, 2.45) is 0 Å². The van der Waals surface area contributed by atoms with Gasteiger partial charge in [0.1, 0.15) is 5.75 Å². The average molecular weight is 373 g/mol. The van der Waals surface area contributed by atoms with Crippen LogP contribution in [0.2, 0.25) is 0 Å². The molecule has 6 nitrogen and oxygen atoms in total. The molecular formula is C21H32N4O2. The standard InChI is InChI=1S/C21H32N4O2/c1-4-25-15-19(12-22-25)13-23-8-9-24(20(16-23)7-10-26)14-18-5-6-21(27-3)17(2)11-18/h5-6,11-12,15,20,26H,4,7-10,13-14,16H2,1-3H3/t20-/m0/s1. The molecule has 3 rings (SSSR count). The molecule has 2 aromatic rings. The van der Waals surface area contributed by atoms with Crippen LogP contribution < -0.4 is 4.74 Å². The lowest BCUT2D eigenvalue weighted by molar-refractivity contribution is 0.0499. The maximum absolute atomic E-state index is 9.55. The highest BCUT2D eigenvalue weighted by molar-refractivity contribution is 5.36. The number of piperazine rings is 1. The second kappa shape index (κ2) is 9.35. The number of nitrogens with zero attached hydrogens (tertiary/aromatic N) is 4. The molecule has 0 spiro atoms. The van der Waals surface area contributed by atoms with E-state index in [0.29, 0.717) is 6.04 Å². The molecule has 6 heteroatoms. The Labute approximate surface area is 162 Å². The van der Waals surface area contributed by atoms with Gasteiger partial charge < -0.3 is 9.84 Å². The molecule has 1 N–H and O–H groups in total. The third kappa shape index (κ3) is 5.09. The van der Waals surface area contributed by atoms with E-state index in [0.717, 1.165) is 51.4 Å². The smallest absolute Gasteiger partial charge is 0.121 e. The van der Waals surface area contributed by atoms with Gasteiger partial charge in [-0.3, -0.25) is 14.5 Å². The number of aryl methyl sites for hydroxylation is 2. The van der Waals surface area contributed by atoms with Crippen molar-refractivity contribution >= 4 is 0 Å². The van der Waals surface area contributed by atoms with Gasteiger partial charge in [-0.2, -0.15) is 5.10 Å². The van der Waals surface area contributed by atoms with Crippen molar-refractivity contribution in [1.29, 1.82) is 0 Å². The van der Waals surface area contributed by atoms with Crippen molar-refractivity contribution in [2.45, 2.75) is 45.9 Å². The molecule has 1 aromatic heterocycles. The van der Waals surface area contributed by atoms with E-state index in [-0.39, 0.29) is 6.61 Å². The SMILES string of the molecule is CCn1cc(CN2CCN(Cc3ccc(OC)c(C)c3)[C@@H](CCO)C2)cn1. The number of methoxy groups -OCH3 is 1. The predicted octanol–water partition coefficient (Wildman–Crippen LogP) is 2.29. The van der Waals surface area contributed by atoms with Gasteiger partial charge in [-0.1, -0.05) is 12.1 Å². The summed E-state index contributed by atoms with van der Waals surface area (Å²) in [7, 11) is 1.71. The Morgan fingerprint density at radius 2 is 2.07 bits per heavy atom. The van der Waals surface area contributed by atoms with E-state index in [1.165, 1.54) is 16.7 Å². The lowest BCUT2D eigenvalue weighted by Crippen LogP contribution is -2.52. The van der Waals surface area contributed by atoms with Gasteiger partial charge in [-0.05, 0) is 37.5 Å². The Hall–Kier alpha value is -1.89. The molecule has 0 unspecified atom stereocenters. The van der Waals surface area contributed by atoms with Crippen LogP contribution in [-0.2, 0) is 19.6 Å². The minimum atomic E-state index is 0.227. The average Bonchev–Trinajstić information content (AvgIpc) is 3.12. The highest BCUT2D eigenvalue weighted by atomic mass is 16.5. The van der Waals surface area contributed by atoms with Gasteiger partial charge in [-0.15, -0.1) is 0 Å². The topological polar surface area (TPSA) is 53.8 Å².